The summed E-state index contributed by atoms with van der Waals surface area (Å²) < 4.78 is 1.65. The van der Waals surface area contributed by atoms with E-state index in [4.69, 9.17) is 11.6 Å². The van der Waals surface area contributed by atoms with Crippen molar-refractivity contribution >= 4 is 23.2 Å². The van der Waals surface area contributed by atoms with E-state index in [2.05, 4.69) is 15.4 Å². The van der Waals surface area contributed by atoms with E-state index in [0.29, 0.717) is 30.2 Å². The average Bonchev–Trinajstić information content (AvgIpc) is 2.91. The molecule has 5 nitrogen and oxygen atoms in total. The molecule has 2 heterocycles. The molecule has 0 unspecified atom stereocenters. The Balaban J connectivity index is 1.98. The van der Waals surface area contributed by atoms with Crippen LogP contribution < -0.4 is 5.32 Å². The molecule has 0 aliphatic rings. The van der Waals surface area contributed by atoms with Gasteiger partial charge in [0.15, 0.2) is 5.82 Å². The van der Waals surface area contributed by atoms with Crippen LogP contribution in [0, 0.1) is 0 Å². The van der Waals surface area contributed by atoms with Gasteiger partial charge in [-0.15, -0.1) is 11.6 Å². The van der Waals surface area contributed by atoms with Gasteiger partial charge in [0.2, 0.25) is 5.91 Å². The van der Waals surface area contributed by atoms with E-state index in [1.165, 1.54) is 0 Å². The molecule has 0 saturated carbocycles. The Bertz CT molecular complexity index is 495. The van der Waals surface area contributed by atoms with Gasteiger partial charge >= 0.3 is 0 Å². The van der Waals surface area contributed by atoms with Crippen LogP contribution in [0.2, 0.25) is 0 Å². The van der Waals surface area contributed by atoms with Gasteiger partial charge in [-0.25, -0.2) is 9.67 Å². The molecule has 0 fully saturated rings. The predicted octanol–water partition coefficient (Wildman–Crippen LogP) is 2.22. The Kier molecular flexibility index (Phi) is 4.30. The number of alkyl halides is 1. The largest absolute Gasteiger partial charge is 0.325 e. The van der Waals surface area contributed by atoms with Crippen molar-refractivity contribution in [1.29, 1.82) is 0 Å². The first-order valence-corrected chi connectivity index (χ1v) is 6.15. The van der Waals surface area contributed by atoms with Crippen LogP contribution in [0.5, 0.6) is 0 Å². The first kappa shape index (κ1) is 12.6. The maximum atomic E-state index is 11.5. The van der Waals surface area contributed by atoms with Gasteiger partial charge in [-0.05, 0) is 24.6 Å². The van der Waals surface area contributed by atoms with E-state index in [0.717, 1.165) is 0 Å². The van der Waals surface area contributed by atoms with Crippen LogP contribution in [0.25, 0.3) is 5.82 Å². The summed E-state index contributed by atoms with van der Waals surface area (Å²) >= 11 is 5.52. The molecule has 0 spiro atoms. The second-order valence-electron chi connectivity index (χ2n) is 3.70. The van der Waals surface area contributed by atoms with E-state index in [1.54, 1.807) is 35.4 Å². The highest BCUT2D eigenvalue weighted by atomic mass is 35.5. The minimum atomic E-state index is -0.0516. The van der Waals surface area contributed by atoms with Crippen LogP contribution in [0.15, 0.2) is 36.8 Å². The van der Waals surface area contributed by atoms with Gasteiger partial charge in [-0.2, -0.15) is 5.10 Å². The predicted molar refractivity (Wildman–Crippen MR) is 69.9 cm³/mol. The van der Waals surface area contributed by atoms with Crippen molar-refractivity contribution in [2.45, 2.75) is 12.8 Å². The lowest BCUT2D eigenvalue weighted by atomic mass is 10.3. The summed E-state index contributed by atoms with van der Waals surface area (Å²) in [6.07, 6.45) is 6.19. The minimum Gasteiger partial charge on any atom is -0.325 e. The summed E-state index contributed by atoms with van der Waals surface area (Å²) in [6, 6.07) is 5.41. The third kappa shape index (κ3) is 3.30. The van der Waals surface area contributed by atoms with E-state index in [9.17, 15) is 4.79 Å². The number of carbonyl (C=O) groups is 1. The monoisotopic (exact) mass is 264 g/mol. The Morgan fingerprint density at radius 2 is 2.33 bits per heavy atom. The van der Waals surface area contributed by atoms with Gasteiger partial charge in [-0.3, -0.25) is 4.79 Å². The second kappa shape index (κ2) is 6.16. The highest BCUT2D eigenvalue weighted by molar-refractivity contribution is 6.18. The number of hydrogen-bond donors (Lipinski definition) is 1. The fraction of sp³-hybridized carbons (Fsp3) is 0.250. The molecule has 0 saturated heterocycles. The number of hydrogen-bond acceptors (Lipinski definition) is 3. The lowest BCUT2D eigenvalue weighted by Gasteiger charge is -2.05. The molecule has 1 N–H and O–H groups in total. The summed E-state index contributed by atoms with van der Waals surface area (Å²) in [5.74, 6) is 1.15. The smallest absolute Gasteiger partial charge is 0.224 e. The topological polar surface area (TPSA) is 59.8 Å². The van der Waals surface area contributed by atoms with Gasteiger partial charge in [0.05, 0.1) is 11.9 Å². The zero-order valence-corrected chi connectivity index (χ0v) is 10.5. The van der Waals surface area contributed by atoms with Gasteiger partial charge in [-0.1, -0.05) is 0 Å². The van der Waals surface area contributed by atoms with Crippen molar-refractivity contribution in [3.63, 3.8) is 0 Å². The summed E-state index contributed by atoms with van der Waals surface area (Å²) in [6.45, 7) is 0. The number of nitrogens with one attached hydrogen (secondary N) is 1. The third-order valence-electron chi connectivity index (χ3n) is 2.31. The van der Waals surface area contributed by atoms with E-state index in [1.807, 2.05) is 6.07 Å². The number of nitrogens with zero attached hydrogens (tertiary/aromatic N) is 3. The number of aromatic nitrogens is 3. The lowest BCUT2D eigenvalue weighted by Crippen LogP contribution is -2.11. The summed E-state index contributed by atoms with van der Waals surface area (Å²) in [5.41, 5.74) is 0.672. The maximum absolute atomic E-state index is 11.5. The molecule has 2 rings (SSSR count). The Hall–Kier alpha value is -1.88. The Labute approximate surface area is 110 Å². The molecule has 0 aromatic carbocycles. The molecule has 1 amide bonds. The van der Waals surface area contributed by atoms with Crippen LogP contribution >= 0.6 is 11.6 Å². The first-order chi connectivity index (χ1) is 8.79. The molecule has 2 aromatic heterocycles. The van der Waals surface area contributed by atoms with Crippen molar-refractivity contribution in [3.8, 4) is 5.82 Å². The molecular weight excluding hydrogens is 252 g/mol. The quantitative estimate of drug-likeness (QED) is 0.843. The standard InChI is InChI=1S/C12H13ClN4O/c13-6-1-3-12(18)16-10-4-5-11(14-9-10)17-8-2-7-15-17/h2,4-5,7-9H,1,3,6H2,(H,16,18). The van der Waals surface area contributed by atoms with Crippen LogP contribution in [0.4, 0.5) is 5.69 Å². The zero-order valence-electron chi connectivity index (χ0n) is 9.71. The zero-order chi connectivity index (χ0) is 12.8. The van der Waals surface area contributed by atoms with E-state index < -0.39 is 0 Å². The molecule has 0 aliphatic heterocycles. The minimum absolute atomic E-state index is 0.0516. The van der Waals surface area contributed by atoms with Crippen molar-refractivity contribution in [1.82, 2.24) is 14.8 Å². The van der Waals surface area contributed by atoms with Gasteiger partial charge < -0.3 is 5.32 Å². The van der Waals surface area contributed by atoms with Crippen molar-refractivity contribution in [2.24, 2.45) is 0 Å². The van der Waals surface area contributed by atoms with Gasteiger partial charge in [0, 0.05) is 24.7 Å². The Morgan fingerprint density at radius 1 is 1.44 bits per heavy atom. The average molecular weight is 265 g/mol. The number of pyridine rings is 1. The third-order valence-corrected chi connectivity index (χ3v) is 2.58. The lowest BCUT2D eigenvalue weighted by molar-refractivity contribution is -0.116. The fourth-order valence-corrected chi connectivity index (χ4v) is 1.58. The number of amides is 1. The second-order valence-corrected chi connectivity index (χ2v) is 4.07. The SMILES string of the molecule is O=C(CCCCl)Nc1ccc(-n2cccn2)nc1. The summed E-state index contributed by atoms with van der Waals surface area (Å²) in [5, 5.41) is 6.83. The molecule has 0 radical (unpaired) electrons. The van der Waals surface area contributed by atoms with E-state index in [-0.39, 0.29) is 5.91 Å². The van der Waals surface area contributed by atoms with E-state index >= 15 is 0 Å². The number of carbonyl (C=O) groups excluding carboxylic acids is 1. The molecule has 0 atom stereocenters. The molecule has 0 aliphatic carbocycles. The van der Waals surface area contributed by atoms with Crippen LogP contribution in [0.1, 0.15) is 12.8 Å². The summed E-state index contributed by atoms with van der Waals surface area (Å²) in [4.78, 5) is 15.7. The van der Waals surface area contributed by atoms with Crippen LogP contribution in [-0.4, -0.2) is 26.6 Å². The van der Waals surface area contributed by atoms with Crippen LogP contribution in [0.3, 0.4) is 0 Å². The number of rotatable bonds is 5. The summed E-state index contributed by atoms with van der Waals surface area (Å²) in [7, 11) is 0. The molecule has 6 heteroatoms. The van der Waals surface area contributed by atoms with Crippen LogP contribution in [-0.2, 0) is 4.79 Å². The highest BCUT2D eigenvalue weighted by Gasteiger charge is 2.03. The molecule has 18 heavy (non-hydrogen) atoms. The van der Waals surface area contributed by atoms with Crippen molar-refractivity contribution < 1.29 is 4.79 Å². The fourth-order valence-electron chi connectivity index (χ4n) is 1.45. The van der Waals surface area contributed by atoms with Crippen molar-refractivity contribution in [3.05, 3.63) is 36.8 Å². The maximum Gasteiger partial charge on any atom is 0.224 e. The number of anilines is 1. The molecule has 94 valence electrons. The van der Waals surface area contributed by atoms with Crippen molar-refractivity contribution in [2.75, 3.05) is 11.2 Å². The first-order valence-electron chi connectivity index (χ1n) is 5.61. The highest BCUT2D eigenvalue weighted by Crippen LogP contribution is 2.09. The molecular formula is C12H13ClN4O. The van der Waals surface area contributed by atoms with Gasteiger partial charge in [0.25, 0.3) is 0 Å². The number of halogens is 1. The van der Waals surface area contributed by atoms with Gasteiger partial charge in [0.1, 0.15) is 0 Å². The molecule has 0 bridgehead atoms. The Morgan fingerprint density at radius 3 is 2.94 bits per heavy atom. The molecule has 2 aromatic rings. The normalized spacial score (nSPS) is 10.3.